The fourth-order valence-electron chi connectivity index (χ4n) is 4.97. The van der Waals surface area contributed by atoms with E-state index in [1.54, 1.807) is 0 Å². The molecular formula is C33H27N. The maximum atomic E-state index is 2.39. The van der Waals surface area contributed by atoms with Crippen molar-refractivity contribution in [2.75, 3.05) is 0 Å². The quantitative estimate of drug-likeness (QED) is 0.254. The largest absolute Gasteiger partial charge is 0.309 e. The van der Waals surface area contributed by atoms with E-state index in [4.69, 9.17) is 0 Å². The van der Waals surface area contributed by atoms with Crippen LogP contribution in [0.3, 0.4) is 0 Å². The minimum atomic E-state index is 0.963. The summed E-state index contributed by atoms with van der Waals surface area (Å²) in [6.07, 6.45) is 2.00. The SMILES string of the molecule is CCc1ccc2c(c1)c1cc(-c3ccc(Cc4ccccc4)cc3)ccc1n2-c1ccccc1. The van der Waals surface area contributed by atoms with Crippen molar-refractivity contribution in [2.24, 2.45) is 0 Å². The average Bonchev–Trinajstić information content (AvgIpc) is 3.23. The molecule has 1 nitrogen and oxygen atoms in total. The summed E-state index contributed by atoms with van der Waals surface area (Å²) in [7, 11) is 0. The van der Waals surface area contributed by atoms with E-state index in [-0.39, 0.29) is 0 Å². The van der Waals surface area contributed by atoms with E-state index in [0.29, 0.717) is 0 Å². The minimum absolute atomic E-state index is 0.963. The van der Waals surface area contributed by atoms with Gasteiger partial charge in [-0.15, -0.1) is 0 Å². The molecule has 0 atom stereocenters. The first-order valence-electron chi connectivity index (χ1n) is 12.1. The molecule has 0 aliphatic carbocycles. The van der Waals surface area contributed by atoms with Crippen LogP contribution >= 0.6 is 0 Å². The lowest BCUT2D eigenvalue weighted by molar-refractivity contribution is 1.14. The molecule has 0 unspecified atom stereocenters. The molecule has 0 radical (unpaired) electrons. The predicted molar refractivity (Wildman–Crippen MR) is 145 cm³/mol. The number of benzene rings is 5. The average molecular weight is 438 g/mol. The summed E-state index contributed by atoms with van der Waals surface area (Å²) in [6, 6.07) is 44.2. The van der Waals surface area contributed by atoms with Gasteiger partial charge in [0.25, 0.3) is 0 Å². The van der Waals surface area contributed by atoms with Crippen LogP contribution in [0.2, 0.25) is 0 Å². The van der Waals surface area contributed by atoms with E-state index in [1.165, 1.54) is 55.3 Å². The van der Waals surface area contributed by atoms with Gasteiger partial charge < -0.3 is 4.57 Å². The first kappa shape index (κ1) is 20.5. The molecule has 6 rings (SSSR count). The van der Waals surface area contributed by atoms with Crippen molar-refractivity contribution in [1.82, 2.24) is 4.57 Å². The van der Waals surface area contributed by atoms with Crippen LogP contribution in [0, 0.1) is 0 Å². The van der Waals surface area contributed by atoms with Crippen LogP contribution in [0.1, 0.15) is 23.6 Å². The van der Waals surface area contributed by atoms with Crippen LogP contribution in [0.15, 0.2) is 121 Å². The van der Waals surface area contributed by atoms with Crippen LogP contribution in [0.25, 0.3) is 38.6 Å². The number of fused-ring (bicyclic) bond motifs is 3. The Labute approximate surface area is 200 Å². The van der Waals surface area contributed by atoms with Gasteiger partial charge in [0.1, 0.15) is 0 Å². The Morgan fingerprint density at radius 2 is 1.06 bits per heavy atom. The molecule has 0 spiro atoms. The molecule has 1 heterocycles. The Morgan fingerprint density at radius 3 is 1.76 bits per heavy atom. The van der Waals surface area contributed by atoms with Gasteiger partial charge in [-0.05, 0) is 77.1 Å². The number of para-hydroxylation sites is 1. The maximum absolute atomic E-state index is 2.39. The third-order valence-electron chi connectivity index (χ3n) is 6.79. The number of rotatable bonds is 5. The minimum Gasteiger partial charge on any atom is -0.309 e. The van der Waals surface area contributed by atoms with Gasteiger partial charge in [-0.3, -0.25) is 0 Å². The second-order valence-electron chi connectivity index (χ2n) is 8.97. The van der Waals surface area contributed by atoms with Gasteiger partial charge in [0.2, 0.25) is 0 Å². The molecule has 0 N–H and O–H groups in total. The zero-order valence-electron chi connectivity index (χ0n) is 19.4. The van der Waals surface area contributed by atoms with E-state index in [2.05, 4.69) is 133 Å². The van der Waals surface area contributed by atoms with Gasteiger partial charge in [0.05, 0.1) is 11.0 Å². The summed E-state index contributed by atoms with van der Waals surface area (Å²) in [5.74, 6) is 0. The van der Waals surface area contributed by atoms with Crippen molar-refractivity contribution in [2.45, 2.75) is 19.8 Å². The highest BCUT2D eigenvalue weighted by Gasteiger charge is 2.13. The molecule has 6 aromatic rings. The number of hydrogen-bond acceptors (Lipinski definition) is 0. The second kappa shape index (κ2) is 8.68. The summed E-state index contributed by atoms with van der Waals surface area (Å²) in [5, 5.41) is 2.63. The zero-order chi connectivity index (χ0) is 22.9. The van der Waals surface area contributed by atoms with Crippen molar-refractivity contribution in [3.8, 4) is 16.8 Å². The molecule has 0 bridgehead atoms. The normalized spacial score (nSPS) is 11.3. The van der Waals surface area contributed by atoms with Crippen molar-refractivity contribution in [3.63, 3.8) is 0 Å². The van der Waals surface area contributed by atoms with Crippen LogP contribution in [-0.2, 0) is 12.8 Å². The zero-order valence-corrected chi connectivity index (χ0v) is 19.4. The fraction of sp³-hybridized carbons (Fsp3) is 0.0909. The lowest BCUT2D eigenvalue weighted by Gasteiger charge is -2.08. The molecule has 34 heavy (non-hydrogen) atoms. The van der Waals surface area contributed by atoms with Crippen LogP contribution in [0.5, 0.6) is 0 Å². The highest BCUT2D eigenvalue weighted by Crippen LogP contribution is 2.35. The number of aromatic nitrogens is 1. The lowest BCUT2D eigenvalue weighted by atomic mass is 9.99. The Hall–Kier alpha value is -4.10. The lowest BCUT2D eigenvalue weighted by Crippen LogP contribution is -1.93. The van der Waals surface area contributed by atoms with Crippen molar-refractivity contribution in [3.05, 3.63) is 138 Å². The third kappa shape index (κ3) is 3.70. The van der Waals surface area contributed by atoms with E-state index in [9.17, 15) is 0 Å². The highest BCUT2D eigenvalue weighted by atomic mass is 15.0. The molecule has 5 aromatic carbocycles. The van der Waals surface area contributed by atoms with Crippen molar-refractivity contribution in [1.29, 1.82) is 0 Å². The van der Waals surface area contributed by atoms with Crippen LogP contribution < -0.4 is 0 Å². The molecule has 0 saturated heterocycles. The molecule has 0 aliphatic rings. The molecule has 0 fully saturated rings. The Kier molecular flexibility index (Phi) is 5.24. The maximum Gasteiger partial charge on any atom is 0.0541 e. The molecule has 0 saturated carbocycles. The summed E-state index contributed by atoms with van der Waals surface area (Å²) < 4.78 is 2.39. The first-order valence-corrected chi connectivity index (χ1v) is 12.1. The second-order valence-corrected chi connectivity index (χ2v) is 8.97. The topological polar surface area (TPSA) is 4.93 Å². The van der Waals surface area contributed by atoms with Crippen LogP contribution in [-0.4, -0.2) is 4.57 Å². The number of nitrogens with zero attached hydrogens (tertiary/aromatic N) is 1. The van der Waals surface area contributed by atoms with Crippen LogP contribution in [0.4, 0.5) is 0 Å². The molecule has 0 aliphatic heterocycles. The summed E-state index contributed by atoms with van der Waals surface area (Å²) in [5.41, 5.74) is 10.3. The Balaban J connectivity index is 1.45. The smallest absolute Gasteiger partial charge is 0.0541 e. The van der Waals surface area contributed by atoms with Gasteiger partial charge in [-0.1, -0.05) is 91.9 Å². The molecule has 164 valence electrons. The van der Waals surface area contributed by atoms with Gasteiger partial charge >= 0.3 is 0 Å². The molecular weight excluding hydrogens is 410 g/mol. The van der Waals surface area contributed by atoms with E-state index in [0.717, 1.165) is 12.8 Å². The highest BCUT2D eigenvalue weighted by molar-refractivity contribution is 6.10. The van der Waals surface area contributed by atoms with Crippen molar-refractivity contribution < 1.29 is 0 Å². The number of hydrogen-bond donors (Lipinski definition) is 0. The predicted octanol–water partition coefficient (Wildman–Crippen LogP) is 8.60. The molecule has 0 amide bonds. The fourth-order valence-corrected chi connectivity index (χ4v) is 4.97. The first-order chi connectivity index (χ1) is 16.8. The summed E-state index contributed by atoms with van der Waals surface area (Å²) in [4.78, 5) is 0. The van der Waals surface area contributed by atoms with Crippen molar-refractivity contribution >= 4 is 21.8 Å². The summed E-state index contributed by atoms with van der Waals surface area (Å²) in [6.45, 7) is 2.22. The monoisotopic (exact) mass is 437 g/mol. The van der Waals surface area contributed by atoms with Gasteiger partial charge in [-0.2, -0.15) is 0 Å². The van der Waals surface area contributed by atoms with E-state index < -0.39 is 0 Å². The Bertz CT molecular complexity index is 1570. The molecule has 1 aromatic heterocycles. The van der Waals surface area contributed by atoms with E-state index in [1.807, 2.05) is 0 Å². The van der Waals surface area contributed by atoms with Gasteiger partial charge in [-0.25, -0.2) is 0 Å². The third-order valence-corrected chi connectivity index (χ3v) is 6.79. The number of aryl methyl sites for hydroxylation is 1. The van der Waals surface area contributed by atoms with Gasteiger partial charge in [0.15, 0.2) is 0 Å². The molecule has 1 heteroatoms. The van der Waals surface area contributed by atoms with E-state index >= 15 is 0 Å². The standard InChI is InChI=1S/C33H27N/c1-2-24-15-19-32-30(22-24)31-23-28(18-20-33(31)34(32)29-11-7-4-8-12-29)27-16-13-26(14-17-27)21-25-9-5-3-6-10-25/h3-20,22-23H,2,21H2,1H3. The van der Waals surface area contributed by atoms with Gasteiger partial charge in [0, 0.05) is 16.5 Å². The summed E-state index contributed by atoms with van der Waals surface area (Å²) >= 11 is 0. The Morgan fingerprint density at radius 1 is 0.500 bits per heavy atom.